The van der Waals surface area contributed by atoms with Crippen molar-refractivity contribution >= 4 is 63.2 Å². The molecule has 0 aliphatic heterocycles. The predicted octanol–water partition coefficient (Wildman–Crippen LogP) is 4.92. The van der Waals surface area contributed by atoms with Gasteiger partial charge in [0.25, 0.3) is 5.91 Å². The molecule has 0 aliphatic carbocycles. The Morgan fingerprint density at radius 3 is 2.18 bits per heavy atom. The summed E-state index contributed by atoms with van der Waals surface area (Å²) >= 11 is 12.1. The van der Waals surface area contributed by atoms with Gasteiger partial charge in [-0.15, -0.1) is 0 Å². The molecule has 1 heterocycles. The number of ether oxygens (including phenoxy) is 1. The van der Waals surface area contributed by atoms with E-state index in [9.17, 15) is 14.4 Å². The molecule has 4 rings (SSSR count). The molecule has 0 saturated heterocycles. The van der Waals surface area contributed by atoms with Crippen LogP contribution in [-0.4, -0.2) is 29.5 Å². The first-order chi connectivity index (χ1) is 16.4. The van der Waals surface area contributed by atoms with Crippen molar-refractivity contribution in [2.24, 2.45) is 0 Å². The molecule has 3 N–H and O–H groups in total. The molecule has 3 amide bonds. The van der Waals surface area contributed by atoms with Gasteiger partial charge in [0, 0.05) is 26.8 Å². The van der Waals surface area contributed by atoms with Gasteiger partial charge in [0.05, 0.1) is 7.11 Å². The van der Waals surface area contributed by atoms with Crippen molar-refractivity contribution in [3.63, 3.8) is 0 Å². The molecule has 3 aromatic carbocycles. The van der Waals surface area contributed by atoms with Crippen LogP contribution in [-0.2, 0) is 9.59 Å². The average molecular weight is 497 g/mol. The Morgan fingerprint density at radius 1 is 0.794 bits per heavy atom. The number of para-hydroxylation sites is 2. The number of fused-ring (bicyclic) bond motifs is 1. The Balaban J connectivity index is 1.69. The molecule has 0 atom stereocenters. The van der Waals surface area contributed by atoms with Crippen molar-refractivity contribution in [2.75, 3.05) is 23.2 Å². The van der Waals surface area contributed by atoms with Crippen molar-refractivity contribution in [1.82, 2.24) is 4.68 Å². The summed E-state index contributed by atoms with van der Waals surface area (Å²) in [5.41, 5.74) is 3.76. The lowest BCUT2D eigenvalue weighted by atomic mass is 10.2. The first kappa shape index (κ1) is 23.2. The highest BCUT2D eigenvalue weighted by atomic mass is 35.5. The summed E-state index contributed by atoms with van der Waals surface area (Å²) in [5, 5.41) is 6.50. The lowest BCUT2D eigenvalue weighted by molar-refractivity contribution is -0.133. The maximum Gasteiger partial charge on any atom is 0.328 e. The zero-order valence-corrected chi connectivity index (χ0v) is 19.3. The van der Waals surface area contributed by atoms with Crippen molar-refractivity contribution < 1.29 is 19.1 Å². The largest absolute Gasteiger partial charge is 0.494 e. The van der Waals surface area contributed by atoms with E-state index in [4.69, 9.17) is 27.9 Å². The predicted molar refractivity (Wildman–Crippen MR) is 132 cm³/mol. The minimum Gasteiger partial charge on any atom is -0.494 e. The quantitative estimate of drug-likeness (QED) is 0.341. The number of hydrogen-bond acceptors (Lipinski definition) is 4. The van der Waals surface area contributed by atoms with Gasteiger partial charge >= 0.3 is 11.8 Å². The standard InChI is InChI=1S/C24H18Cl2N4O4/c1-34-20-9-5-6-14-10-19(22(31)28-18-12-15(25)11-16(26)13-18)30(21(14)20)29-24(33)23(32)27-17-7-3-2-4-8-17/h2-13H,1H3,(H,27,32)(H,28,31)(H,29,33). The fourth-order valence-electron chi connectivity index (χ4n) is 3.36. The molecule has 1 aromatic heterocycles. The third-order valence-corrected chi connectivity index (χ3v) is 5.25. The number of nitrogens with one attached hydrogen (secondary N) is 3. The zero-order valence-electron chi connectivity index (χ0n) is 17.8. The van der Waals surface area contributed by atoms with Gasteiger partial charge < -0.3 is 15.4 Å². The summed E-state index contributed by atoms with van der Waals surface area (Å²) in [6.45, 7) is 0. The number of methoxy groups -OCH3 is 1. The van der Waals surface area contributed by atoms with Crippen LogP contribution in [0, 0.1) is 0 Å². The lowest BCUT2D eigenvalue weighted by Crippen LogP contribution is -2.36. The van der Waals surface area contributed by atoms with Crippen LogP contribution in [0.2, 0.25) is 10.0 Å². The fourth-order valence-corrected chi connectivity index (χ4v) is 3.88. The average Bonchev–Trinajstić information content (AvgIpc) is 3.17. The maximum atomic E-state index is 13.2. The normalized spacial score (nSPS) is 10.6. The lowest BCUT2D eigenvalue weighted by Gasteiger charge is -2.14. The molecule has 0 unspecified atom stereocenters. The van der Waals surface area contributed by atoms with Crippen molar-refractivity contribution in [2.45, 2.75) is 0 Å². The molecule has 0 aliphatic rings. The molecule has 0 saturated carbocycles. The number of carbonyl (C=O) groups is 3. The number of aromatic nitrogens is 1. The van der Waals surface area contributed by atoms with Crippen LogP contribution in [0.1, 0.15) is 10.5 Å². The molecule has 10 heteroatoms. The minimum absolute atomic E-state index is 0.0523. The second-order valence-electron chi connectivity index (χ2n) is 7.14. The van der Waals surface area contributed by atoms with E-state index in [-0.39, 0.29) is 5.69 Å². The van der Waals surface area contributed by atoms with E-state index in [1.54, 1.807) is 54.6 Å². The van der Waals surface area contributed by atoms with Crippen LogP contribution in [0.3, 0.4) is 0 Å². The van der Waals surface area contributed by atoms with Crippen molar-refractivity contribution in [3.8, 4) is 5.75 Å². The molecule has 4 aromatic rings. The molecule has 0 radical (unpaired) electrons. The van der Waals surface area contributed by atoms with E-state index in [2.05, 4.69) is 16.1 Å². The molecule has 8 nitrogen and oxygen atoms in total. The van der Waals surface area contributed by atoms with Gasteiger partial charge in [-0.05, 0) is 42.5 Å². The van der Waals surface area contributed by atoms with Gasteiger partial charge in [0.1, 0.15) is 17.0 Å². The van der Waals surface area contributed by atoms with E-state index < -0.39 is 17.7 Å². The maximum absolute atomic E-state index is 13.2. The van der Waals surface area contributed by atoms with E-state index in [1.807, 2.05) is 0 Å². The van der Waals surface area contributed by atoms with Crippen molar-refractivity contribution in [3.05, 3.63) is 88.5 Å². The number of rotatable bonds is 5. The Morgan fingerprint density at radius 2 is 1.50 bits per heavy atom. The Kier molecular flexibility index (Phi) is 6.72. The number of hydrogen-bond donors (Lipinski definition) is 3. The smallest absolute Gasteiger partial charge is 0.328 e. The van der Waals surface area contributed by atoms with E-state index >= 15 is 0 Å². The topological polar surface area (TPSA) is 101 Å². The molecule has 0 fully saturated rings. The van der Waals surface area contributed by atoms with Gasteiger partial charge in [-0.3, -0.25) is 19.8 Å². The number of carbonyl (C=O) groups excluding carboxylic acids is 3. The number of amides is 3. The fraction of sp³-hybridized carbons (Fsp3) is 0.0417. The van der Waals surface area contributed by atoms with E-state index in [1.165, 1.54) is 30.0 Å². The Labute approximate surface area is 204 Å². The molecular weight excluding hydrogens is 479 g/mol. The highest BCUT2D eigenvalue weighted by Gasteiger charge is 2.23. The highest BCUT2D eigenvalue weighted by Crippen LogP contribution is 2.29. The van der Waals surface area contributed by atoms with Crippen LogP contribution in [0.25, 0.3) is 10.9 Å². The number of benzene rings is 3. The Bertz CT molecular complexity index is 1380. The summed E-state index contributed by atoms with van der Waals surface area (Å²) in [6, 6.07) is 19.9. The third-order valence-electron chi connectivity index (χ3n) is 4.81. The second-order valence-corrected chi connectivity index (χ2v) is 8.01. The second kappa shape index (κ2) is 9.86. The Hall–Kier alpha value is -4.01. The van der Waals surface area contributed by atoms with Gasteiger partial charge in [0.2, 0.25) is 0 Å². The summed E-state index contributed by atoms with van der Waals surface area (Å²) in [5.74, 6) is -2.06. The van der Waals surface area contributed by atoms with E-state index in [0.717, 1.165) is 0 Å². The molecule has 0 bridgehead atoms. The van der Waals surface area contributed by atoms with Crippen LogP contribution in [0.4, 0.5) is 11.4 Å². The number of nitrogens with zero attached hydrogens (tertiary/aromatic N) is 1. The summed E-state index contributed by atoms with van der Waals surface area (Å²) in [6.07, 6.45) is 0. The van der Waals surface area contributed by atoms with Crippen LogP contribution in [0.5, 0.6) is 5.75 Å². The van der Waals surface area contributed by atoms with E-state index in [0.29, 0.717) is 38.1 Å². The molecular formula is C24H18Cl2N4O4. The van der Waals surface area contributed by atoms with Gasteiger partial charge in [0.15, 0.2) is 0 Å². The monoisotopic (exact) mass is 496 g/mol. The van der Waals surface area contributed by atoms with Gasteiger partial charge in [-0.25, -0.2) is 4.68 Å². The third kappa shape index (κ3) is 4.98. The molecule has 0 spiro atoms. The van der Waals surface area contributed by atoms with Crippen molar-refractivity contribution in [1.29, 1.82) is 0 Å². The molecule has 34 heavy (non-hydrogen) atoms. The van der Waals surface area contributed by atoms with Crippen LogP contribution in [0.15, 0.2) is 72.8 Å². The molecule has 172 valence electrons. The first-order valence-electron chi connectivity index (χ1n) is 9.99. The number of anilines is 2. The van der Waals surface area contributed by atoms with Gasteiger partial charge in [-0.1, -0.05) is 53.5 Å². The summed E-state index contributed by atoms with van der Waals surface area (Å²) < 4.78 is 6.62. The summed E-state index contributed by atoms with van der Waals surface area (Å²) in [4.78, 5) is 38.4. The number of halogens is 2. The van der Waals surface area contributed by atoms with Crippen LogP contribution < -0.4 is 20.8 Å². The highest BCUT2D eigenvalue weighted by molar-refractivity contribution is 6.42. The van der Waals surface area contributed by atoms with Gasteiger partial charge in [-0.2, -0.15) is 0 Å². The first-order valence-corrected chi connectivity index (χ1v) is 10.7. The SMILES string of the molecule is COc1cccc2cc(C(=O)Nc3cc(Cl)cc(Cl)c3)n(NC(=O)C(=O)Nc3ccccc3)c12. The zero-order chi connectivity index (χ0) is 24.2. The van der Waals surface area contributed by atoms with Crippen LogP contribution >= 0.6 is 23.2 Å². The minimum atomic E-state index is -0.980. The summed E-state index contributed by atoms with van der Waals surface area (Å²) in [7, 11) is 1.46.